The predicted molar refractivity (Wildman–Crippen MR) is 72.9 cm³/mol. The van der Waals surface area contributed by atoms with Crippen LogP contribution in [0.4, 0.5) is 0 Å². The van der Waals surface area contributed by atoms with Crippen LogP contribution in [0.3, 0.4) is 0 Å². The number of carbonyl (C=O) groups is 3. The fraction of sp³-hybridized carbons (Fsp3) is 0.800. The molecule has 0 N–H and O–H groups in total. The number of hydrogen-bond donors (Lipinski definition) is 0. The number of carbonyl (C=O) groups excluding carboxylic acids is 3. The first-order chi connectivity index (χ1) is 9.14. The van der Waals surface area contributed by atoms with Crippen molar-refractivity contribution < 1.29 is 23.9 Å². The molecule has 0 aromatic carbocycles. The number of hydrogen-bond acceptors (Lipinski definition) is 5. The van der Waals surface area contributed by atoms with Crippen molar-refractivity contribution in [2.24, 2.45) is 17.8 Å². The van der Waals surface area contributed by atoms with E-state index in [9.17, 15) is 14.4 Å². The van der Waals surface area contributed by atoms with Crippen molar-refractivity contribution in [3.05, 3.63) is 0 Å². The number of ketones is 1. The van der Waals surface area contributed by atoms with Crippen LogP contribution in [0, 0.1) is 17.8 Å². The summed E-state index contributed by atoms with van der Waals surface area (Å²) in [6.07, 6.45) is 1.10. The van der Waals surface area contributed by atoms with E-state index < -0.39 is 23.5 Å². The number of rotatable bonds is 3. The van der Waals surface area contributed by atoms with E-state index >= 15 is 0 Å². The average molecular weight is 284 g/mol. The molecule has 1 rings (SSSR count). The maximum Gasteiger partial charge on any atom is 0.317 e. The molecule has 0 spiro atoms. The zero-order valence-corrected chi connectivity index (χ0v) is 12.9. The van der Waals surface area contributed by atoms with Crippen LogP contribution in [-0.2, 0) is 23.9 Å². The highest BCUT2D eigenvalue weighted by atomic mass is 16.6. The fourth-order valence-electron chi connectivity index (χ4n) is 2.66. The van der Waals surface area contributed by atoms with Crippen molar-refractivity contribution in [3.8, 4) is 0 Å². The smallest absolute Gasteiger partial charge is 0.317 e. The Morgan fingerprint density at radius 3 is 2.40 bits per heavy atom. The van der Waals surface area contributed by atoms with E-state index in [1.807, 2.05) is 6.92 Å². The van der Waals surface area contributed by atoms with Gasteiger partial charge < -0.3 is 9.47 Å². The normalized spacial score (nSPS) is 27.1. The second kappa shape index (κ2) is 6.37. The molecule has 1 saturated carbocycles. The van der Waals surface area contributed by atoms with Gasteiger partial charge >= 0.3 is 11.9 Å². The molecule has 5 nitrogen and oxygen atoms in total. The topological polar surface area (TPSA) is 69.7 Å². The molecule has 114 valence electrons. The molecule has 1 unspecified atom stereocenters. The second-order valence-electron chi connectivity index (χ2n) is 6.56. The summed E-state index contributed by atoms with van der Waals surface area (Å²) < 4.78 is 9.97. The van der Waals surface area contributed by atoms with Crippen LogP contribution >= 0.6 is 0 Å². The molecule has 0 bridgehead atoms. The monoisotopic (exact) mass is 284 g/mol. The molecule has 1 aliphatic rings. The molecule has 0 radical (unpaired) electrons. The van der Waals surface area contributed by atoms with Gasteiger partial charge in [0.25, 0.3) is 0 Å². The minimum Gasteiger partial charge on any atom is -0.469 e. The Bertz CT molecular complexity index is 394. The van der Waals surface area contributed by atoms with Gasteiger partial charge in [-0.25, -0.2) is 0 Å². The first-order valence-electron chi connectivity index (χ1n) is 6.96. The molecule has 1 aliphatic carbocycles. The lowest BCUT2D eigenvalue weighted by molar-refractivity contribution is -0.166. The van der Waals surface area contributed by atoms with E-state index in [-0.39, 0.29) is 24.0 Å². The Morgan fingerprint density at radius 1 is 1.30 bits per heavy atom. The van der Waals surface area contributed by atoms with Gasteiger partial charge in [0.05, 0.1) is 7.11 Å². The SMILES string of the molecule is COC(=O)C[C@H]1C[C@@H](C)CC(=O)C1C(=O)OC(C)(C)C. The van der Waals surface area contributed by atoms with Crippen LogP contribution in [-0.4, -0.2) is 30.4 Å². The van der Waals surface area contributed by atoms with Crippen molar-refractivity contribution in [1.29, 1.82) is 0 Å². The summed E-state index contributed by atoms with van der Waals surface area (Å²) in [6, 6.07) is 0. The van der Waals surface area contributed by atoms with Crippen molar-refractivity contribution in [2.75, 3.05) is 7.11 Å². The third kappa shape index (κ3) is 4.62. The van der Waals surface area contributed by atoms with Gasteiger partial charge in [-0.3, -0.25) is 14.4 Å². The highest BCUT2D eigenvalue weighted by Crippen LogP contribution is 2.35. The highest BCUT2D eigenvalue weighted by molar-refractivity contribution is 6.00. The van der Waals surface area contributed by atoms with E-state index in [4.69, 9.17) is 4.74 Å². The first kappa shape index (κ1) is 16.7. The van der Waals surface area contributed by atoms with Gasteiger partial charge in [0.2, 0.25) is 0 Å². The zero-order valence-electron chi connectivity index (χ0n) is 12.9. The lowest BCUT2D eigenvalue weighted by Gasteiger charge is -2.33. The molecule has 0 saturated heterocycles. The standard InChI is InChI=1S/C15H24O5/c1-9-6-10(8-12(17)19-5)13(11(16)7-9)14(18)20-15(2,3)4/h9-10,13H,6-8H2,1-5H3/t9-,10-,13?/m1/s1. The maximum atomic E-state index is 12.2. The predicted octanol–water partition coefficient (Wildman–Crippen LogP) is 2.12. The zero-order chi connectivity index (χ0) is 15.5. The number of ether oxygens (including phenoxy) is 2. The number of esters is 2. The Labute approximate surface area is 120 Å². The van der Waals surface area contributed by atoms with Gasteiger partial charge in [-0.05, 0) is 39.0 Å². The summed E-state index contributed by atoms with van der Waals surface area (Å²) in [6.45, 7) is 7.23. The molecule has 0 heterocycles. The molecule has 0 amide bonds. The van der Waals surface area contributed by atoms with Gasteiger partial charge in [-0.2, -0.15) is 0 Å². The fourth-order valence-corrected chi connectivity index (χ4v) is 2.66. The number of methoxy groups -OCH3 is 1. The largest absolute Gasteiger partial charge is 0.469 e. The molecule has 20 heavy (non-hydrogen) atoms. The summed E-state index contributed by atoms with van der Waals surface area (Å²) in [4.78, 5) is 35.8. The van der Waals surface area contributed by atoms with Gasteiger partial charge in [-0.1, -0.05) is 6.92 Å². The Morgan fingerprint density at radius 2 is 1.90 bits per heavy atom. The second-order valence-corrected chi connectivity index (χ2v) is 6.56. The maximum absolute atomic E-state index is 12.2. The highest BCUT2D eigenvalue weighted by Gasteiger charge is 2.42. The molecule has 5 heteroatoms. The van der Waals surface area contributed by atoms with Crippen molar-refractivity contribution in [1.82, 2.24) is 0 Å². The van der Waals surface area contributed by atoms with Crippen molar-refractivity contribution >= 4 is 17.7 Å². The van der Waals surface area contributed by atoms with Crippen molar-refractivity contribution in [2.45, 2.75) is 52.6 Å². The summed E-state index contributed by atoms with van der Waals surface area (Å²) >= 11 is 0. The number of Topliss-reactive ketones (excluding diaryl/α,β-unsaturated/α-hetero) is 1. The Balaban J connectivity index is 2.88. The van der Waals surface area contributed by atoms with Crippen LogP contribution < -0.4 is 0 Å². The van der Waals surface area contributed by atoms with Crippen LogP contribution in [0.1, 0.15) is 47.0 Å². The molecular formula is C15H24O5. The molecule has 0 aromatic heterocycles. The summed E-state index contributed by atoms with van der Waals surface area (Å²) in [5.41, 5.74) is -0.643. The van der Waals surface area contributed by atoms with Gasteiger partial charge in [0.15, 0.2) is 0 Å². The van der Waals surface area contributed by atoms with Crippen LogP contribution in [0.25, 0.3) is 0 Å². The quantitative estimate of drug-likeness (QED) is 0.586. The lowest BCUT2D eigenvalue weighted by atomic mass is 9.72. The van der Waals surface area contributed by atoms with Gasteiger partial charge in [0, 0.05) is 12.8 Å². The molecule has 3 atom stereocenters. The molecule has 0 aliphatic heterocycles. The van der Waals surface area contributed by atoms with Gasteiger partial charge in [0.1, 0.15) is 17.3 Å². The first-order valence-corrected chi connectivity index (χ1v) is 6.96. The van der Waals surface area contributed by atoms with Crippen LogP contribution in [0.2, 0.25) is 0 Å². The van der Waals surface area contributed by atoms with Crippen LogP contribution in [0.15, 0.2) is 0 Å². The molecule has 1 fully saturated rings. The summed E-state index contributed by atoms with van der Waals surface area (Å²) in [5.74, 6) is -2.05. The van der Waals surface area contributed by atoms with E-state index in [0.29, 0.717) is 12.8 Å². The average Bonchev–Trinajstić information content (AvgIpc) is 2.24. The lowest BCUT2D eigenvalue weighted by Crippen LogP contribution is -2.42. The Kier molecular flexibility index (Phi) is 5.31. The third-order valence-corrected chi connectivity index (χ3v) is 3.39. The van der Waals surface area contributed by atoms with Crippen LogP contribution in [0.5, 0.6) is 0 Å². The Hall–Kier alpha value is -1.39. The van der Waals surface area contributed by atoms with E-state index in [1.165, 1.54) is 7.11 Å². The van der Waals surface area contributed by atoms with Crippen molar-refractivity contribution in [3.63, 3.8) is 0 Å². The summed E-state index contributed by atoms with van der Waals surface area (Å²) in [7, 11) is 1.30. The van der Waals surface area contributed by atoms with E-state index in [1.54, 1.807) is 20.8 Å². The minimum atomic E-state index is -0.843. The molecule has 0 aromatic rings. The van der Waals surface area contributed by atoms with E-state index in [2.05, 4.69) is 4.74 Å². The molecular weight excluding hydrogens is 260 g/mol. The van der Waals surface area contributed by atoms with Gasteiger partial charge in [-0.15, -0.1) is 0 Å². The third-order valence-electron chi connectivity index (χ3n) is 3.39. The minimum absolute atomic E-state index is 0.0799. The van der Waals surface area contributed by atoms with E-state index in [0.717, 1.165) is 0 Å². The summed E-state index contributed by atoms with van der Waals surface area (Å²) in [5, 5.41) is 0.